The van der Waals surface area contributed by atoms with Crippen molar-refractivity contribution in [3.8, 4) is 28.4 Å². The Hall–Kier alpha value is -3.53. The molecule has 4 heteroatoms. The number of esters is 1. The van der Waals surface area contributed by atoms with Gasteiger partial charge in [0.1, 0.15) is 17.2 Å². The number of aromatic hydroxyl groups is 2. The molecule has 0 amide bonds. The Morgan fingerprint density at radius 2 is 1.74 bits per heavy atom. The van der Waals surface area contributed by atoms with Crippen LogP contribution in [-0.2, 0) is 0 Å². The quantitative estimate of drug-likeness (QED) is 0.472. The average Bonchev–Trinajstić information content (AvgIpc) is 2.68. The normalized spacial score (nSPS) is 10.9. The van der Waals surface area contributed by atoms with E-state index in [0.29, 0.717) is 11.1 Å². The van der Waals surface area contributed by atoms with Crippen LogP contribution in [0.3, 0.4) is 0 Å². The van der Waals surface area contributed by atoms with Crippen molar-refractivity contribution in [2.75, 3.05) is 0 Å². The van der Waals surface area contributed by atoms with Gasteiger partial charge in [0.15, 0.2) is 0 Å². The lowest BCUT2D eigenvalue weighted by Crippen LogP contribution is -2.09. The maximum absolute atomic E-state index is 12.4. The Labute approximate surface area is 158 Å². The molecule has 3 rings (SSSR count). The number of allylic oxidation sites excluding steroid dienone is 1. The molecule has 3 aromatic carbocycles. The Morgan fingerprint density at radius 3 is 2.48 bits per heavy atom. The van der Waals surface area contributed by atoms with Crippen LogP contribution in [0, 0.1) is 0 Å². The van der Waals surface area contributed by atoms with Crippen molar-refractivity contribution in [2.24, 2.45) is 0 Å². The number of hydrogen-bond acceptors (Lipinski definition) is 4. The fourth-order valence-corrected chi connectivity index (χ4v) is 2.72. The molecule has 0 spiro atoms. The molecule has 0 aliphatic carbocycles. The van der Waals surface area contributed by atoms with Gasteiger partial charge in [-0.25, -0.2) is 4.79 Å². The van der Waals surface area contributed by atoms with E-state index in [1.165, 1.54) is 6.07 Å². The lowest BCUT2D eigenvalue weighted by atomic mass is 9.99. The van der Waals surface area contributed by atoms with Gasteiger partial charge in [0.2, 0.25) is 0 Å². The smallest absolute Gasteiger partial charge is 0.343 e. The van der Waals surface area contributed by atoms with Crippen LogP contribution in [0.5, 0.6) is 17.2 Å². The summed E-state index contributed by atoms with van der Waals surface area (Å²) in [6.45, 7) is 2.03. The highest BCUT2D eigenvalue weighted by Crippen LogP contribution is 2.42. The van der Waals surface area contributed by atoms with Crippen LogP contribution in [0.15, 0.2) is 72.8 Å². The van der Waals surface area contributed by atoms with Crippen LogP contribution in [0.4, 0.5) is 0 Å². The molecule has 0 saturated carbocycles. The van der Waals surface area contributed by atoms with E-state index in [-0.39, 0.29) is 22.8 Å². The maximum Gasteiger partial charge on any atom is 0.343 e. The molecule has 0 radical (unpaired) electrons. The fraction of sp³-hybridized carbons (Fsp3) is 0.0870. The summed E-state index contributed by atoms with van der Waals surface area (Å²) in [4.78, 5) is 12.4. The van der Waals surface area contributed by atoms with Crippen LogP contribution < -0.4 is 4.74 Å². The Balaban J connectivity index is 2.04. The first-order valence-electron chi connectivity index (χ1n) is 8.69. The topological polar surface area (TPSA) is 66.8 Å². The largest absolute Gasteiger partial charge is 0.507 e. The minimum Gasteiger partial charge on any atom is -0.507 e. The molecule has 0 heterocycles. The van der Waals surface area contributed by atoms with Crippen molar-refractivity contribution in [1.29, 1.82) is 0 Å². The number of hydrogen-bond donors (Lipinski definition) is 2. The van der Waals surface area contributed by atoms with Crippen molar-refractivity contribution in [3.63, 3.8) is 0 Å². The lowest BCUT2D eigenvalue weighted by molar-refractivity contribution is 0.0735. The third kappa shape index (κ3) is 4.18. The van der Waals surface area contributed by atoms with Gasteiger partial charge in [0.25, 0.3) is 0 Å². The zero-order valence-corrected chi connectivity index (χ0v) is 14.9. The Morgan fingerprint density at radius 1 is 0.963 bits per heavy atom. The van der Waals surface area contributed by atoms with E-state index in [2.05, 4.69) is 0 Å². The molecule has 27 heavy (non-hydrogen) atoms. The third-order valence-electron chi connectivity index (χ3n) is 4.05. The minimum absolute atomic E-state index is 0.0119. The average molecular weight is 360 g/mol. The van der Waals surface area contributed by atoms with E-state index >= 15 is 0 Å². The number of rotatable bonds is 5. The molecule has 0 unspecified atom stereocenters. The third-order valence-corrected chi connectivity index (χ3v) is 4.05. The number of benzene rings is 3. The lowest BCUT2D eigenvalue weighted by Gasteiger charge is -2.14. The number of carbonyl (C=O) groups is 1. The second kappa shape index (κ2) is 8.23. The highest BCUT2D eigenvalue weighted by Gasteiger charge is 2.18. The highest BCUT2D eigenvalue weighted by molar-refractivity contribution is 5.93. The molecule has 3 aromatic rings. The highest BCUT2D eigenvalue weighted by atomic mass is 16.5. The molecule has 0 saturated heterocycles. The monoisotopic (exact) mass is 360 g/mol. The molecular weight excluding hydrogens is 340 g/mol. The predicted molar refractivity (Wildman–Crippen MR) is 106 cm³/mol. The molecule has 0 aliphatic heterocycles. The summed E-state index contributed by atoms with van der Waals surface area (Å²) >= 11 is 0. The van der Waals surface area contributed by atoms with Crippen molar-refractivity contribution < 1.29 is 19.7 Å². The second-order valence-electron chi connectivity index (χ2n) is 5.99. The van der Waals surface area contributed by atoms with E-state index in [1.54, 1.807) is 54.6 Å². The summed E-state index contributed by atoms with van der Waals surface area (Å²) in [5.74, 6) is -0.456. The molecular formula is C23H20O4. The Kier molecular flexibility index (Phi) is 5.57. The first kappa shape index (κ1) is 18.3. The van der Waals surface area contributed by atoms with Gasteiger partial charge in [-0.3, -0.25) is 0 Å². The summed E-state index contributed by atoms with van der Waals surface area (Å²) in [5, 5.41) is 20.7. The predicted octanol–water partition coefficient (Wildman–Crippen LogP) is 5.41. The maximum atomic E-state index is 12.4. The molecule has 0 aliphatic rings. The molecule has 0 atom stereocenters. The number of phenolic OH excluding ortho intramolecular Hbond substituents is 2. The van der Waals surface area contributed by atoms with Crippen molar-refractivity contribution in [1.82, 2.24) is 0 Å². The van der Waals surface area contributed by atoms with Crippen molar-refractivity contribution in [3.05, 3.63) is 83.9 Å². The summed E-state index contributed by atoms with van der Waals surface area (Å²) in [6, 6.07) is 18.3. The molecule has 0 fully saturated rings. The van der Waals surface area contributed by atoms with Gasteiger partial charge < -0.3 is 14.9 Å². The van der Waals surface area contributed by atoms with Crippen molar-refractivity contribution >= 4 is 12.0 Å². The fourth-order valence-electron chi connectivity index (χ4n) is 2.72. The zero-order valence-electron chi connectivity index (χ0n) is 14.9. The number of phenols is 2. The molecule has 0 bridgehead atoms. The summed E-state index contributed by atoms with van der Waals surface area (Å²) < 4.78 is 5.51. The zero-order chi connectivity index (χ0) is 19.2. The number of ether oxygens (including phenoxy) is 1. The van der Waals surface area contributed by atoms with Gasteiger partial charge in [0.05, 0.1) is 11.1 Å². The van der Waals surface area contributed by atoms with E-state index in [0.717, 1.165) is 12.0 Å². The molecule has 136 valence electrons. The van der Waals surface area contributed by atoms with Gasteiger partial charge in [-0.05, 0) is 48.4 Å². The SMILES string of the molecule is CCC=Cc1ccc(O)c(-c2c(O)cccc2OC(=O)c2ccccc2)c1. The number of carbonyl (C=O) groups excluding carboxylic acids is 1. The summed E-state index contributed by atoms with van der Waals surface area (Å²) in [5.41, 5.74) is 1.93. The first-order chi connectivity index (χ1) is 13.1. The molecule has 2 N–H and O–H groups in total. The molecule has 4 nitrogen and oxygen atoms in total. The van der Waals surface area contributed by atoms with Crippen LogP contribution in [0.2, 0.25) is 0 Å². The van der Waals surface area contributed by atoms with Crippen LogP contribution in [0.25, 0.3) is 17.2 Å². The first-order valence-corrected chi connectivity index (χ1v) is 8.69. The van der Waals surface area contributed by atoms with E-state index in [4.69, 9.17) is 4.74 Å². The van der Waals surface area contributed by atoms with Gasteiger partial charge in [-0.1, -0.05) is 49.4 Å². The van der Waals surface area contributed by atoms with E-state index in [1.807, 2.05) is 25.1 Å². The minimum atomic E-state index is -0.538. The van der Waals surface area contributed by atoms with E-state index in [9.17, 15) is 15.0 Å². The van der Waals surface area contributed by atoms with Crippen LogP contribution >= 0.6 is 0 Å². The Bertz CT molecular complexity index is 975. The second-order valence-corrected chi connectivity index (χ2v) is 5.99. The summed E-state index contributed by atoms with van der Waals surface area (Å²) in [7, 11) is 0. The van der Waals surface area contributed by atoms with Gasteiger partial charge in [-0.2, -0.15) is 0 Å². The van der Waals surface area contributed by atoms with E-state index < -0.39 is 5.97 Å². The van der Waals surface area contributed by atoms with Crippen LogP contribution in [0.1, 0.15) is 29.3 Å². The van der Waals surface area contributed by atoms with Gasteiger partial charge >= 0.3 is 5.97 Å². The van der Waals surface area contributed by atoms with Crippen LogP contribution in [-0.4, -0.2) is 16.2 Å². The standard InChI is InChI=1S/C23H20O4/c1-2-3-8-16-13-14-19(24)18(15-16)22-20(25)11-7-12-21(22)27-23(26)17-9-5-4-6-10-17/h3-15,24-25H,2H2,1H3. The van der Waals surface area contributed by atoms with Gasteiger partial charge in [-0.15, -0.1) is 0 Å². The summed E-state index contributed by atoms with van der Waals surface area (Å²) in [6.07, 6.45) is 4.81. The van der Waals surface area contributed by atoms with Crippen molar-refractivity contribution in [2.45, 2.75) is 13.3 Å². The molecule has 0 aromatic heterocycles. The van der Waals surface area contributed by atoms with Gasteiger partial charge in [0, 0.05) is 5.56 Å².